The molecule has 1 heterocycles. The molecule has 4 rings (SSSR count). The van der Waals surface area contributed by atoms with Crippen molar-refractivity contribution in [2.24, 2.45) is 0 Å². The smallest absolute Gasteiger partial charge is 0.292 e. The van der Waals surface area contributed by atoms with Crippen LogP contribution < -0.4 is 5.32 Å². The van der Waals surface area contributed by atoms with Crippen molar-refractivity contribution in [3.8, 4) is 22.4 Å². The fourth-order valence-corrected chi connectivity index (χ4v) is 3.69. The molecule has 0 bridgehead atoms. The highest BCUT2D eigenvalue weighted by atomic mass is 32.2. The predicted molar refractivity (Wildman–Crippen MR) is 125 cm³/mol. The lowest BCUT2D eigenvalue weighted by molar-refractivity contribution is -0.383. The van der Waals surface area contributed by atoms with Crippen LogP contribution in [0.4, 0.5) is 11.4 Å². The zero-order valence-corrected chi connectivity index (χ0v) is 17.7. The predicted octanol–water partition coefficient (Wildman–Crippen LogP) is 5.45. The normalized spacial score (nSPS) is 10.5. The summed E-state index contributed by atoms with van der Waals surface area (Å²) in [4.78, 5) is 22.7. The molecule has 158 valence electrons. The van der Waals surface area contributed by atoms with Crippen molar-refractivity contribution in [1.29, 1.82) is 0 Å². The van der Waals surface area contributed by atoms with Crippen molar-refractivity contribution >= 4 is 29.0 Å². The van der Waals surface area contributed by atoms with Crippen molar-refractivity contribution in [2.45, 2.75) is 5.03 Å². The average molecular weight is 443 g/mol. The minimum absolute atomic E-state index is 0.0614. The van der Waals surface area contributed by atoms with E-state index in [0.29, 0.717) is 5.03 Å². The molecule has 7 nitrogen and oxygen atoms in total. The van der Waals surface area contributed by atoms with Gasteiger partial charge in [0.15, 0.2) is 0 Å². The molecule has 0 atom stereocenters. The summed E-state index contributed by atoms with van der Waals surface area (Å²) in [6.45, 7) is 0. The van der Waals surface area contributed by atoms with Crippen LogP contribution in [0.5, 0.6) is 0 Å². The monoisotopic (exact) mass is 442 g/mol. The Kier molecular flexibility index (Phi) is 6.52. The molecule has 0 unspecified atom stereocenters. The third kappa shape index (κ3) is 5.16. The Morgan fingerprint density at radius 2 is 1.47 bits per heavy atom. The number of nitrogens with one attached hydrogen (secondary N) is 1. The van der Waals surface area contributed by atoms with Crippen molar-refractivity contribution in [1.82, 2.24) is 10.2 Å². The molecule has 1 N–H and O–H groups in total. The number of nitro benzene ring substituents is 1. The number of thioether (sulfide) groups is 1. The first-order valence-electron chi connectivity index (χ1n) is 9.76. The lowest BCUT2D eigenvalue weighted by Crippen LogP contribution is -2.15. The van der Waals surface area contributed by atoms with Crippen LogP contribution in [0.3, 0.4) is 0 Å². The molecule has 0 saturated carbocycles. The number of anilines is 1. The van der Waals surface area contributed by atoms with E-state index in [1.165, 1.54) is 23.9 Å². The maximum Gasteiger partial charge on any atom is 0.292 e. The Balaban J connectivity index is 1.36. The van der Waals surface area contributed by atoms with Crippen LogP contribution in [-0.4, -0.2) is 26.8 Å². The summed E-state index contributed by atoms with van der Waals surface area (Å²) in [6.07, 6.45) is 0. The quantitative estimate of drug-likeness (QED) is 0.232. The van der Waals surface area contributed by atoms with E-state index in [1.807, 2.05) is 48.5 Å². The summed E-state index contributed by atoms with van der Waals surface area (Å²) in [7, 11) is 0. The highest BCUT2D eigenvalue weighted by Crippen LogP contribution is 2.26. The number of amides is 1. The minimum atomic E-state index is -0.528. The Bertz CT molecular complexity index is 1230. The van der Waals surface area contributed by atoms with E-state index in [1.54, 1.807) is 18.2 Å². The molecule has 0 aliphatic heterocycles. The van der Waals surface area contributed by atoms with Crippen molar-refractivity contribution in [2.75, 3.05) is 11.1 Å². The molecule has 0 aliphatic carbocycles. The first kappa shape index (κ1) is 21.2. The van der Waals surface area contributed by atoms with E-state index in [2.05, 4.69) is 27.6 Å². The number of rotatable bonds is 7. The van der Waals surface area contributed by atoms with E-state index in [9.17, 15) is 14.9 Å². The second-order valence-electron chi connectivity index (χ2n) is 6.81. The summed E-state index contributed by atoms with van der Waals surface area (Å²) in [6, 6.07) is 27.9. The highest BCUT2D eigenvalue weighted by molar-refractivity contribution is 7.99. The molecule has 4 aromatic rings. The first-order valence-corrected chi connectivity index (χ1v) is 10.7. The Morgan fingerprint density at radius 3 is 2.16 bits per heavy atom. The van der Waals surface area contributed by atoms with Crippen LogP contribution in [-0.2, 0) is 4.79 Å². The molecular weight excluding hydrogens is 424 g/mol. The number of carbonyl (C=O) groups is 1. The summed E-state index contributed by atoms with van der Waals surface area (Å²) >= 11 is 1.21. The molecule has 0 saturated heterocycles. The summed E-state index contributed by atoms with van der Waals surface area (Å²) in [5.41, 5.74) is 3.98. The second-order valence-corrected chi connectivity index (χ2v) is 7.81. The van der Waals surface area contributed by atoms with Gasteiger partial charge in [-0.25, -0.2) is 0 Å². The van der Waals surface area contributed by atoms with Crippen molar-refractivity contribution in [3.63, 3.8) is 0 Å². The van der Waals surface area contributed by atoms with Crippen LogP contribution in [0.2, 0.25) is 0 Å². The largest absolute Gasteiger partial charge is 0.320 e. The van der Waals surface area contributed by atoms with Gasteiger partial charge in [-0.15, -0.1) is 10.2 Å². The average Bonchev–Trinajstić information content (AvgIpc) is 2.84. The van der Waals surface area contributed by atoms with Crippen molar-refractivity contribution < 1.29 is 9.72 Å². The van der Waals surface area contributed by atoms with Crippen LogP contribution in [0, 0.1) is 10.1 Å². The number of hydrogen-bond acceptors (Lipinski definition) is 6. The Labute approximate surface area is 188 Å². The third-order valence-electron chi connectivity index (χ3n) is 4.65. The van der Waals surface area contributed by atoms with E-state index in [0.717, 1.165) is 22.4 Å². The van der Waals surface area contributed by atoms with Gasteiger partial charge in [0.05, 0.1) is 16.4 Å². The molecule has 0 fully saturated rings. The standard InChI is InChI=1S/C24H18N4O3S/c29-23(25-21-8-4-5-9-22(21)28(30)31)16-32-24-15-14-20(26-27-24)19-12-10-18(11-13-19)17-6-2-1-3-7-17/h1-15H,16H2,(H,25,29). The minimum Gasteiger partial charge on any atom is -0.320 e. The topological polar surface area (TPSA) is 98.0 Å². The molecule has 1 amide bonds. The maximum atomic E-state index is 12.2. The van der Waals surface area contributed by atoms with E-state index < -0.39 is 4.92 Å². The molecule has 0 spiro atoms. The van der Waals surface area contributed by atoms with Gasteiger partial charge >= 0.3 is 0 Å². The number of nitrogens with zero attached hydrogens (tertiary/aromatic N) is 3. The number of benzene rings is 3. The van der Waals surface area contributed by atoms with Gasteiger partial charge in [-0.1, -0.05) is 78.5 Å². The molecule has 8 heteroatoms. The lowest BCUT2D eigenvalue weighted by atomic mass is 10.0. The van der Waals surface area contributed by atoms with Gasteiger partial charge in [0.2, 0.25) is 5.91 Å². The lowest BCUT2D eigenvalue weighted by Gasteiger charge is -2.06. The summed E-state index contributed by atoms with van der Waals surface area (Å²) < 4.78 is 0. The first-order chi connectivity index (χ1) is 15.6. The van der Waals surface area contributed by atoms with Gasteiger partial charge < -0.3 is 5.32 Å². The van der Waals surface area contributed by atoms with Gasteiger partial charge in [0.25, 0.3) is 5.69 Å². The van der Waals surface area contributed by atoms with Crippen LogP contribution in [0.1, 0.15) is 0 Å². The zero-order chi connectivity index (χ0) is 22.3. The molecular formula is C24H18N4O3S. The van der Waals surface area contributed by atoms with E-state index >= 15 is 0 Å². The Morgan fingerprint density at radius 1 is 0.812 bits per heavy atom. The zero-order valence-electron chi connectivity index (χ0n) is 16.8. The summed E-state index contributed by atoms with van der Waals surface area (Å²) in [5, 5.41) is 22.7. The van der Waals surface area contributed by atoms with Gasteiger partial charge in [0, 0.05) is 11.6 Å². The molecule has 1 aromatic heterocycles. The third-order valence-corrected chi connectivity index (χ3v) is 5.57. The fraction of sp³-hybridized carbons (Fsp3) is 0.0417. The fourth-order valence-electron chi connectivity index (χ4n) is 3.08. The van der Waals surface area contributed by atoms with Gasteiger partial charge in [-0.05, 0) is 29.3 Å². The second kappa shape index (κ2) is 9.84. The molecule has 3 aromatic carbocycles. The van der Waals surface area contributed by atoms with Gasteiger partial charge in [0.1, 0.15) is 10.7 Å². The molecule has 0 aliphatic rings. The van der Waals surface area contributed by atoms with E-state index in [4.69, 9.17) is 0 Å². The van der Waals surface area contributed by atoms with Crippen molar-refractivity contribution in [3.05, 3.63) is 101 Å². The Hall–Kier alpha value is -4.04. The van der Waals surface area contributed by atoms with Crippen LogP contribution >= 0.6 is 11.8 Å². The SMILES string of the molecule is O=C(CSc1ccc(-c2ccc(-c3ccccc3)cc2)nn1)Nc1ccccc1[N+](=O)[O-]. The number of carbonyl (C=O) groups excluding carboxylic acids is 1. The van der Waals surface area contributed by atoms with Gasteiger partial charge in [-0.3, -0.25) is 14.9 Å². The molecule has 0 radical (unpaired) electrons. The number of hydrogen-bond donors (Lipinski definition) is 1. The maximum absolute atomic E-state index is 12.2. The van der Waals surface area contributed by atoms with Gasteiger partial charge in [-0.2, -0.15) is 0 Å². The molecule has 32 heavy (non-hydrogen) atoms. The van der Waals surface area contributed by atoms with Crippen LogP contribution in [0.15, 0.2) is 96.0 Å². The van der Waals surface area contributed by atoms with Crippen LogP contribution in [0.25, 0.3) is 22.4 Å². The number of nitro groups is 1. The highest BCUT2D eigenvalue weighted by Gasteiger charge is 2.15. The summed E-state index contributed by atoms with van der Waals surface area (Å²) in [5.74, 6) is -0.294. The number of para-hydroxylation sites is 2. The van der Waals surface area contributed by atoms with E-state index in [-0.39, 0.29) is 23.0 Å². The number of aromatic nitrogens is 2.